The van der Waals surface area contributed by atoms with Crippen molar-refractivity contribution in [2.24, 2.45) is 5.92 Å². The molecule has 4 aromatic rings. The van der Waals surface area contributed by atoms with Crippen molar-refractivity contribution in [2.75, 3.05) is 19.0 Å². The number of H-pyrrole nitrogens is 1. The molecule has 2 aromatic heterocycles. The molecule has 176 valence electrons. The number of fused-ring (bicyclic) bond motifs is 1. The fraction of sp³-hybridized carbons (Fsp3) is 0.280. The van der Waals surface area contributed by atoms with Crippen molar-refractivity contribution in [3.05, 3.63) is 69.8 Å². The van der Waals surface area contributed by atoms with E-state index in [9.17, 15) is 9.59 Å². The van der Waals surface area contributed by atoms with E-state index in [-0.39, 0.29) is 11.8 Å². The SMILES string of the molecule is COc1ccc2[nH]cc(CCNC(=O)c3cccc(NC(=O)c4nnc(CC(C)C)s4)c3)c2c1. The van der Waals surface area contributed by atoms with Crippen molar-refractivity contribution in [3.8, 4) is 5.75 Å². The molecule has 2 aromatic carbocycles. The number of aromatic amines is 1. The average molecular weight is 478 g/mol. The number of amides is 2. The van der Waals surface area contributed by atoms with Crippen LogP contribution in [0.15, 0.2) is 48.7 Å². The van der Waals surface area contributed by atoms with Gasteiger partial charge in [-0.15, -0.1) is 10.2 Å². The Morgan fingerprint density at radius 2 is 1.97 bits per heavy atom. The number of ether oxygens (including phenoxy) is 1. The van der Waals surface area contributed by atoms with Crippen LogP contribution in [0.5, 0.6) is 5.75 Å². The lowest BCUT2D eigenvalue weighted by Crippen LogP contribution is -2.25. The predicted octanol–water partition coefficient (Wildman–Crippen LogP) is 4.45. The molecule has 0 saturated heterocycles. The van der Waals surface area contributed by atoms with Crippen LogP contribution in [0.4, 0.5) is 5.69 Å². The summed E-state index contributed by atoms with van der Waals surface area (Å²) in [5, 5.41) is 16.0. The largest absolute Gasteiger partial charge is 0.497 e. The summed E-state index contributed by atoms with van der Waals surface area (Å²) in [6, 6.07) is 12.7. The molecule has 2 amide bonds. The molecule has 8 nitrogen and oxygen atoms in total. The number of carbonyl (C=O) groups excluding carboxylic acids is 2. The number of anilines is 1. The van der Waals surface area contributed by atoms with E-state index in [0.717, 1.165) is 33.6 Å². The molecule has 3 N–H and O–H groups in total. The number of rotatable bonds is 9. The molecule has 34 heavy (non-hydrogen) atoms. The topological polar surface area (TPSA) is 109 Å². The third-order valence-electron chi connectivity index (χ3n) is 5.28. The maximum atomic E-state index is 12.7. The van der Waals surface area contributed by atoms with Crippen LogP contribution in [0.2, 0.25) is 0 Å². The summed E-state index contributed by atoms with van der Waals surface area (Å²) in [7, 11) is 1.64. The minimum absolute atomic E-state index is 0.205. The van der Waals surface area contributed by atoms with Gasteiger partial charge < -0.3 is 20.4 Å². The van der Waals surface area contributed by atoms with Gasteiger partial charge in [-0.3, -0.25) is 9.59 Å². The van der Waals surface area contributed by atoms with E-state index < -0.39 is 0 Å². The summed E-state index contributed by atoms with van der Waals surface area (Å²) in [4.78, 5) is 28.5. The van der Waals surface area contributed by atoms with Crippen molar-refractivity contribution in [2.45, 2.75) is 26.7 Å². The molecular weight excluding hydrogens is 450 g/mol. The van der Waals surface area contributed by atoms with Gasteiger partial charge in [0.2, 0.25) is 5.01 Å². The van der Waals surface area contributed by atoms with E-state index in [1.165, 1.54) is 11.3 Å². The monoisotopic (exact) mass is 477 g/mol. The second-order valence-corrected chi connectivity index (χ2v) is 9.43. The first kappa shape index (κ1) is 23.4. The molecule has 0 aliphatic carbocycles. The number of methoxy groups -OCH3 is 1. The summed E-state index contributed by atoms with van der Waals surface area (Å²) >= 11 is 1.29. The minimum atomic E-state index is -0.333. The van der Waals surface area contributed by atoms with Crippen LogP contribution in [-0.4, -0.2) is 40.7 Å². The van der Waals surface area contributed by atoms with Crippen LogP contribution in [0, 0.1) is 5.92 Å². The fourth-order valence-electron chi connectivity index (χ4n) is 3.60. The number of nitrogens with one attached hydrogen (secondary N) is 3. The Bertz CT molecular complexity index is 1310. The molecule has 2 heterocycles. The lowest BCUT2D eigenvalue weighted by molar-refractivity contribution is 0.0952. The van der Waals surface area contributed by atoms with Gasteiger partial charge in [0.1, 0.15) is 10.8 Å². The van der Waals surface area contributed by atoms with E-state index in [1.54, 1.807) is 31.4 Å². The maximum absolute atomic E-state index is 12.7. The number of nitrogens with zero attached hydrogens (tertiary/aromatic N) is 2. The molecule has 0 atom stereocenters. The van der Waals surface area contributed by atoms with Crippen LogP contribution >= 0.6 is 11.3 Å². The van der Waals surface area contributed by atoms with Gasteiger partial charge in [-0.1, -0.05) is 31.3 Å². The Labute approximate surface area is 201 Å². The van der Waals surface area contributed by atoms with Crippen molar-refractivity contribution in [1.82, 2.24) is 20.5 Å². The summed E-state index contributed by atoms with van der Waals surface area (Å²) in [5.74, 6) is 0.697. The second-order valence-electron chi connectivity index (χ2n) is 8.37. The third kappa shape index (κ3) is 5.60. The van der Waals surface area contributed by atoms with Gasteiger partial charge in [0.15, 0.2) is 0 Å². The van der Waals surface area contributed by atoms with Crippen LogP contribution in [-0.2, 0) is 12.8 Å². The van der Waals surface area contributed by atoms with Crippen LogP contribution in [0.25, 0.3) is 10.9 Å². The van der Waals surface area contributed by atoms with Gasteiger partial charge in [0.05, 0.1) is 7.11 Å². The molecule has 9 heteroatoms. The van der Waals surface area contributed by atoms with Crippen molar-refractivity contribution < 1.29 is 14.3 Å². The highest BCUT2D eigenvalue weighted by Gasteiger charge is 2.15. The number of benzene rings is 2. The number of aromatic nitrogens is 3. The van der Waals surface area contributed by atoms with Crippen molar-refractivity contribution >= 4 is 39.7 Å². The van der Waals surface area contributed by atoms with Gasteiger partial charge in [0.25, 0.3) is 11.8 Å². The van der Waals surface area contributed by atoms with E-state index >= 15 is 0 Å². The van der Waals surface area contributed by atoms with Crippen LogP contribution in [0.1, 0.15) is 44.6 Å². The number of hydrogen-bond donors (Lipinski definition) is 3. The fourth-order valence-corrected chi connectivity index (χ4v) is 4.55. The quantitative estimate of drug-likeness (QED) is 0.330. The molecule has 0 saturated carbocycles. The van der Waals surface area contributed by atoms with E-state index in [2.05, 4.69) is 39.7 Å². The van der Waals surface area contributed by atoms with Crippen molar-refractivity contribution in [1.29, 1.82) is 0 Å². The zero-order valence-electron chi connectivity index (χ0n) is 19.3. The molecule has 0 bridgehead atoms. The molecular formula is C25H27N5O3S. The Morgan fingerprint density at radius 3 is 2.76 bits per heavy atom. The number of carbonyl (C=O) groups is 2. The van der Waals surface area contributed by atoms with Gasteiger partial charge >= 0.3 is 0 Å². The lowest BCUT2D eigenvalue weighted by atomic mass is 10.1. The highest BCUT2D eigenvalue weighted by Crippen LogP contribution is 2.24. The normalized spacial score (nSPS) is 11.1. The highest BCUT2D eigenvalue weighted by atomic mass is 32.1. The first-order valence-electron chi connectivity index (χ1n) is 11.1. The highest BCUT2D eigenvalue weighted by molar-refractivity contribution is 7.13. The average Bonchev–Trinajstić information content (AvgIpc) is 3.45. The first-order valence-corrected chi connectivity index (χ1v) is 11.9. The summed E-state index contributed by atoms with van der Waals surface area (Å²) in [6.45, 7) is 4.66. The molecule has 0 fully saturated rings. The Balaban J connectivity index is 1.34. The minimum Gasteiger partial charge on any atom is -0.497 e. The molecule has 0 aliphatic rings. The molecule has 0 spiro atoms. The van der Waals surface area contributed by atoms with Gasteiger partial charge in [0, 0.05) is 41.3 Å². The van der Waals surface area contributed by atoms with E-state index in [4.69, 9.17) is 4.74 Å². The Hall–Kier alpha value is -3.72. The first-order chi connectivity index (χ1) is 16.4. The maximum Gasteiger partial charge on any atom is 0.286 e. The summed E-state index contributed by atoms with van der Waals surface area (Å²) in [5.41, 5.74) is 3.12. The van der Waals surface area contributed by atoms with Gasteiger partial charge in [-0.05, 0) is 54.3 Å². The van der Waals surface area contributed by atoms with Crippen LogP contribution < -0.4 is 15.4 Å². The number of hydrogen-bond acceptors (Lipinski definition) is 6. The van der Waals surface area contributed by atoms with E-state index in [0.29, 0.717) is 35.1 Å². The summed E-state index contributed by atoms with van der Waals surface area (Å²) in [6.07, 6.45) is 3.41. The molecule has 0 radical (unpaired) electrons. The summed E-state index contributed by atoms with van der Waals surface area (Å²) < 4.78 is 5.31. The molecule has 4 rings (SSSR count). The van der Waals surface area contributed by atoms with Gasteiger partial charge in [-0.25, -0.2) is 0 Å². The van der Waals surface area contributed by atoms with Crippen LogP contribution in [0.3, 0.4) is 0 Å². The predicted molar refractivity (Wildman–Crippen MR) is 134 cm³/mol. The standard InChI is InChI=1S/C25H27N5O3S/c1-15(2)11-22-29-30-25(34-22)24(32)28-18-6-4-5-16(12-18)23(31)26-10-9-17-14-27-21-8-7-19(33-3)13-20(17)21/h4-8,12-15,27H,9-11H2,1-3H3,(H,26,31)(H,28,32). The molecule has 0 unspecified atom stereocenters. The Morgan fingerprint density at radius 1 is 1.12 bits per heavy atom. The zero-order valence-corrected chi connectivity index (χ0v) is 20.2. The Kier molecular flexibility index (Phi) is 7.22. The zero-order chi connectivity index (χ0) is 24.1. The lowest BCUT2D eigenvalue weighted by Gasteiger charge is -2.08. The van der Waals surface area contributed by atoms with Crippen molar-refractivity contribution in [3.63, 3.8) is 0 Å². The smallest absolute Gasteiger partial charge is 0.286 e. The molecule has 0 aliphatic heterocycles. The third-order valence-corrected chi connectivity index (χ3v) is 6.23. The van der Waals surface area contributed by atoms with E-state index in [1.807, 2.05) is 24.4 Å². The second kappa shape index (κ2) is 10.5. The van der Waals surface area contributed by atoms with Gasteiger partial charge in [-0.2, -0.15) is 0 Å².